The second kappa shape index (κ2) is 15.4. The molecule has 0 saturated heterocycles. The number of rotatable bonds is 14. The van der Waals surface area contributed by atoms with E-state index in [4.69, 9.17) is 9.47 Å². The summed E-state index contributed by atoms with van der Waals surface area (Å²) in [5, 5.41) is 0. The predicted octanol–water partition coefficient (Wildman–Crippen LogP) is 4.02. The molecule has 0 rings (SSSR count). The molecule has 0 heterocycles. The van der Waals surface area contributed by atoms with Gasteiger partial charge >= 0.3 is 11.9 Å². The van der Waals surface area contributed by atoms with Crippen LogP contribution in [0.5, 0.6) is 0 Å². The highest BCUT2D eigenvalue weighted by Crippen LogP contribution is 2.11. The maximum atomic E-state index is 11.8. The van der Waals surface area contributed by atoms with Crippen molar-refractivity contribution in [3.05, 3.63) is 37.5 Å². The molecule has 2 unspecified atom stereocenters. The molecule has 0 fully saturated rings. The molecule has 0 saturated carbocycles. The topological polar surface area (TPSA) is 52.6 Å². The SMILES string of the molecule is C=CCC(CCSC)OC(=O)/C=C\C(=O)OC(CC=C)CCSC. The van der Waals surface area contributed by atoms with Gasteiger partial charge in [0.15, 0.2) is 0 Å². The standard InChI is InChI=1S/C18H28O4S2/c1-5-7-15(11-13-23-3)21-17(19)9-10-18(20)22-16(8-6-2)12-14-24-4/h5-6,9-10,15-16H,1-2,7-8,11-14H2,3-4H3/b10-9-. The minimum atomic E-state index is -0.538. The van der Waals surface area contributed by atoms with Gasteiger partial charge in [-0.15, -0.1) is 13.2 Å². The summed E-state index contributed by atoms with van der Waals surface area (Å²) in [4.78, 5) is 23.6. The van der Waals surface area contributed by atoms with Gasteiger partial charge in [-0.3, -0.25) is 0 Å². The lowest BCUT2D eigenvalue weighted by Crippen LogP contribution is -2.19. The van der Waals surface area contributed by atoms with Crippen LogP contribution in [0.25, 0.3) is 0 Å². The third-order valence-corrected chi connectivity index (χ3v) is 4.36. The lowest BCUT2D eigenvalue weighted by molar-refractivity contribution is -0.145. The van der Waals surface area contributed by atoms with E-state index in [-0.39, 0.29) is 12.2 Å². The van der Waals surface area contributed by atoms with E-state index >= 15 is 0 Å². The zero-order valence-corrected chi connectivity index (χ0v) is 16.2. The normalized spacial score (nSPS) is 13.2. The maximum Gasteiger partial charge on any atom is 0.331 e. The Bertz CT molecular complexity index is 383. The van der Waals surface area contributed by atoms with Crippen molar-refractivity contribution in [3.63, 3.8) is 0 Å². The maximum absolute atomic E-state index is 11.8. The highest BCUT2D eigenvalue weighted by Gasteiger charge is 2.13. The molecule has 2 atom stereocenters. The molecule has 0 amide bonds. The molecule has 0 aromatic rings. The molecule has 0 aromatic heterocycles. The second-order valence-corrected chi connectivity index (χ2v) is 7.03. The summed E-state index contributed by atoms with van der Waals surface area (Å²) in [7, 11) is 0. The number of carbonyl (C=O) groups is 2. The lowest BCUT2D eigenvalue weighted by Gasteiger charge is -2.15. The van der Waals surface area contributed by atoms with Crippen molar-refractivity contribution in [2.75, 3.05) is 24.0 Å². The minimum Gasteiger partial charge on any atom is -0.459 e. The molecule has 0 aromatic carbocycles. The van der Waals surface area contributed by atoms with Crippen molar-refractivity contribution in [2.24, 2.45) is 0 Å². The van der Waals surface area contributed by atoms with Gasteiger partial charge < -0.3 is 9.47 Å². The van der Waals surface area contributed by atoms with Gasteiger partial charge in [0.2, 0.25) is 0 Å². The van der Waals surface area contributed by atoms with E-state index in [1.165, 1.54) is 0 Å². The average Bonchev–Trinajstić information content (AvgIpc) is 2.56. The molecule has 24 heavy (non-hydrogen) atoms. The van der Waals surface area contributed by atoms with E-state index < -0.39 is 11.9 Å². The first-order chi connectivity index (χ1) is 11.6. The molecule has 0 aliphatic rings. The van der Waals surface area contributed by atoms with Crippen LogP contribution in [0.2, 0.25) is 0 Å². The van der Waals surface area contributed by atoms with Gasteiger partial charge in [-0.25, -0.2) is 9.59 Å². The predicted molar refractivity (Wildman–Crippen MR) is 105 cm³/mol. The van der Waals surface area contributed by atoms with Crippen LogP contribution in [-0.2, 0) is 19.1 Å². The van der Waals surface area contributed by atoms with Crippen molar-refractivity contribution in [2.45, 2.75) is 37.9 Å². The molecule has 0 aliphatic heterocycles. The molecular formula is C18H28O4S2. The number of ether oxygens (including phenoxy) is 2. The fourth-order valence-electron chi connectivity index (χ4n) is 1.86. The Kier molecular flexibility index (Phi) is 14.7. The van der Waals surface area contributed by atoms with Crippen LogP contribution in [-0.4, -0.2) is 48.2 Å². The number of carbonyl (C=O) groups excluding carboxylic acids is 2. The number of hydrogen-bond acceptors (Lipinski definition) is 6. The van der Waals surface area contributed by atoms with Gasteiger partial charge in [-0.2, -0.15) is 23.5 Å². The fraction of sp³-hybridized carbons (Fsp3) is 0.556. The van der Waals surface area contributed by atoms with E-state index in [0.717, 1.165) is 36.5 Å². The number of hydrogen-bond donors (Lipinski definition) is 0. The van der Waals surface area contributed by atoms with Gasteiger partial charge in [0.1, 0.15) is 12.2 Å². The smallest absolute Gasteiger partial charge is 0.331 e. The van der Waals surface area contributed by atoms with E-state index in [2.05, 4.69) is 13.2 Å². The largest absolute Gasteiger partial charge is 0.459 e. The zero-order valence-electron chi connectivity index (χ0n) is 14.6. The quantitative estimate of drug-likeness (QED) is 0.261. The Hall–Kier alpha value is -1.14. The van der Waals surface area contributed by atoms with Crippen molar-refractivity contribution in [1.82, 2.24) is 0 Å². The van der Waals surface area contributed by atoms with Crippen LogP contribution < -0.4 is 0 Å². The average molecular weight is 373 g/mol. The first-order valence-electron chi connectivity index (χ1n) is 7.86. The molecule has 6 heteroatoms. The summed E-state index contributed by atoms with van der Waals surface area (Å²) >= 11 is 3.38. The molecule has 0 aliphatic carbocycles. The van der Waals surface area contributed by atoms with Crippen LogP contribution in [0, 0.1) is 0 Å². The molecule has 0 spiro atoms. The van der Waals surface area contributed by atoms with Crippen molar-refractivity contribution < 1.29 is 19.1 Å². The van der Waals surface area contributed by atoms with Gasteiger partial charge in [0.05, 0.1) is 0 Å². The van der Waals surface area contributed by atoms with Crippen molar-refractivity contribution >= 4 is 35.5 Å². The Labute approximate surface area is 154 Å². The molecule has 0 radical (unpaired) electrons. The third kappa shape index (κ3) is 12.3. The van der Waals surface area contributed by atoms with Crippen LogP contribution in [0.1, 0.15) is 25.7 Å². The summed E-state index contributed by atoms with van der Waals surface area (Å²) in [5.74, 6) is 0.723. The fourth-order valence-corrected chi connectivity index (χ4v) is 2.86. The first kappa shape index (κ1) is 22.9. The van der Waals surface area contributed by atoms with Crippen LogP contribution in [0.3, 0.4) is 0 Å². The summed E-state index contributed by atoms with van der Waals surface area (Å²) in [6, 6.07) is 0. The molecule has 0 bridgehead atoms. The van der Waals surface area contributed by atoms with Crippen molar-refractivity contribution in [3.8, 4) is 0 Å². The van der Waals surface area contributed by atoms with Crippen LogP contribution in [0.4, 0.5) is 0 Å². The summed E-state index contributed by atoms with van der Waals surface area (Å²) < 4.78 is 10.6. The number of esters is 2. The Morgan fingerprint density at radius 3 is 1.54 bits per heavy atom. The van der Waals surface area contributed by atoms with Crippen LogP contribution >= 0.6 is 23.5 Å². The molecular weight excluding hydrogens is 344 g/mol. The lowest BCUT2D eigenvalue weighted by atomic mass is 10.2. The zero-order chi connectivity index (χ0) is 18.2. The Balaban J connectivity index is 4.40. The molecule has 136 valence electrons. The highest BCUT2D eigenvalue weighted by atomic mass is 32.2. The first-order valence-corrected chi connectivity index (χ1v) is 10.6. The monoisotopic (exact) mass is 372 g/mol. The second-order valence-electron chi connectivity index (χ2n) is 5.06. The molecule has 0 N–H and O–H groups in total. The minimum absolute atomic E-state index is 0.210. The number of thioether (sulfide) groups is 2. The van der Waals surface area contributed by atoms with Gasteiger partial charge in [-0.05, 0) is 36.9 Å². The van der Waals surface area contributed by atoms with Crippen LogP contribution in [0.15, 0.2) is 37.5 Å². The van der Waals surface area contributed by atoms with Crippen molar-refractivity contribution in [1.29, 1.82) is 0 Å². The van der Waals surface area contributed by atoms with Gasteiger partial charge in [0, 0.05) is 25.0 Å². The Morgan fingerprint density at radius 2 is 1.25 bits per heavy atom. The van der Waals surface area contributed by atoms with Gasteiger partial charge in [-0.1, -0.05) is 12.2 Å². The van der Waals surface area contributed by atoms with E-state index in [0.29, 0.717) is 12.8 Å². The summed E-state index contributed by atoms with van der Waals surface area (Å²) in [6.07, 6.45) is 12.0. The molecule has 4 nitrogen and oxygen atoms in total. The summed E-state index contributed by atoms with van der Waals surface area (Å²) in [5.41, 5.74) is 0. The van der Waals surface area contributed by atoms with E-state index in [1.807, 2.05) is 12.5 Å². The summed E-state index contributed by atoms with van der Waals surface area (Å²) in [6.45, 7) is 7.33. The Morgan fingerprint density at radius 1 is 0.875 bits per heavy atom. The highest BCUT2D eigenvalue weighted by molar-refractivity contribution is 7.98. The van der Waals surface area contributed by atoms with E-state index in [9.17, 15) is 9.59 Å². The third-order valence-electron chi connectivity index (χ3n) is 3.07. The van der Waals surface area contributed by atoms with E-state index in [1.54, 1.807) is 35.7 Å². The van der Waals surface area contributed by atoms with Gasteiger partial charge in [0.25, 0.3) is 0 Å².